The maximum atomic E-state index is 5.87. The Bertz CT molecular complexity index is 703. The first-order chi connectivity index (χ1) is 9.22. The Labute approximate surface area is 116 Å². The molecule has 96 valence electrons. The maximum Gasteiger partial charge on any atom is 0.152 e. The second-order valence-electron chi connectivity index (χ2n) is 4.37. The molecule has 1 aromatic carbocycles. The van der Waals surface area contributed by atoms with Crippen LogP contribution in [0.3, 0.4) is 0 Å². The van der Waals surface area contributed by atoms with Gasteiger partial charge in [-0.05, 0) is 30.7 Å². The summed E-state index contributed by atoms with van der Waals surface area (Å²) in [6.07, 6.45) is 3.58. The van der Waals surface area contributed by atoms with Crippen LogP contribution in [0.1, 0.15) is 11.3 Å². The highest BCUT2D eigenvalue weighted by Crippen LogP contribution is 2.16. The molecule has 2 heterocycles. The van der Waals surface area contributed by atoms with Gasteiger partial charge in [0.1, 0.15) is 5.52 Å². The van der Waals surface area contributed by atoms with E-state index in [1.54, 1.807) is 6.20 Å². The number of aromatic nitrogens is 3. The summed E-state index contributed by atoms with van der Waals surface area (Å²) in [5, 5.41) is 8.43. The Kier molecular flexibility index (Phi) is 3.09. The van der Waals surface area contributed by atoms with Gasteiger partial charge in [-0.2, -0.15) is 5.10 Å². The number of anilines is 1. The molecule has 3 aromatic rings. The fourth-order valence-corrected chi connectivity index (χ4v) is 2.09. The summed E-state index contributed by atoms with van der Waals surface area (Å²) in [5.41, 5.74) is 3.11. The third-order valence-electron chi connectivity index (χ3n) is 2.89. The molecule has 0 aliphatic rings. The standard InChI is InChI=1S/C14H13ClN4/c1-10-8-13-14(16-6-7-19(13)18-10)17-9-11-2-4-12(15)5-3-11/h2-8H,9H2,1H3,(H,16,17). The van der Waals surface area contributed by atoms with Gasteiger partial charge in [-0.3, -0.25) is 0 Å². The molecule has 0 radical (unpaired) electrons. The lowest BCUT2D eigenvalue weighted by molar-refractivity contribution is 0.920. The van der Waals surface area contributed by atoms with Gasteiger partial charge in [0.2, 0.25) is 0 Å². The molecule has 0 aliphatic carbocycles. The van der Waals surface area contributed by atoms with Crippen molar-refractivity contribution in [2.75, 3.05) is 5.32 Å². The predicted molar refractivity (Wildman–Crippen MR) is 76.5 cm³/mol. The highest BCUT2D eigenvalue weighted by atomic mass is 35.5. The molecule has 5 heteroatoms. The van der Waals surface area contributed by atoms with Crippen LogP contribution >= 0.6 is 11.6 Å². The highest BCUT2D eigenvalue weighted by molar-refractivity contribution is 6.30. The molecule has 0 spiro atoms. The molecule has 1 N–H and O–H groups in total. The fraction of sp³-hybridized carbons (Fsp3) is 0.143. The zero-order valence-corrected chi connectivity index (χ0v) is 11.2. The number of halogens is 1. The molecule has 0 amide bonds. The van der Waals surface area contributed by atoms with E-state index < -0.39 is 0 Å². The lowest BCUT2D eigenvalue weighted by Gasteiger charge is -2.07. The number of nitrogens with one attached hydrogen (secondary N) is 1. The summed E-state index contributed by atoms with van der Waals surface area (Å²) >= 11 is 5.87. The summed E-state index contributed by atoms with van der Waals surface area (Å²) in [6, 6.07) is 9.77. The monoisotopic (exact) mass is 272 g/mol. The first-order valence-corrected chi connectivity index (χ1v) is 6.39. The quantitative estimate of drug-likeness (QED) is 0.795. The smallest absolute Gasteiger partial charge is 0.152 e. The normalized spacial score (nSPS) is 10.8. The van der Waals surface area contributed by atoms with Crippen molar-refractivity contribution in [3.63, 3.8) is 0 Å². The van der Waals surface area contributed by atoms with Gasteiger partial charge in [0.25, 0.3) is 0 Å². The van der Waals surface area contributed by atoms with Crippen LogP contribution in [0.5, 0.6) is 0 Å². The van der Waals surface area contributed by atoms with Gasteiger partial charge in [0, 0.05) is 24.0 Å². The average Bonchev–Trinajstić information content (AvgIpc) is 2.79. The van der Waals surface area contributed by atoms with Gasteiger partial charge < -0.3 is 5.32 Å². The molecule has 3 rings (SSSR count). The minimum absolute atomic E-state index is 0.702. The largest absolute Gasteiger partial charge is 0.364 e. The molecule has 0 unspecified atom stereocenters. The van der Waals surface area contributed by atoms with Gasteiger partial charge in [-0.15, -0.1) is 0 Å². The molecule has 19 heavy (non-hydrogen) atoms. The summed E-state index contributed by atoms with van der Waals surface area (Å²) in [4.78, 5) is 4.35. The Morgan fingerprint density at radius 2 is 2.05 bits per heavy atom. The van der Waals surface area contributed by atoms with Crippen LogP contribution in [0.15, 0.2) is 42.7 Å². The van der Waals surface area contributed by atoms with Gasteiger partial charge >= 0.3 is 0 Å². The molecule has 0 aliphatic heterocycles. The zero-order valence-electron chi connectivity index (χ0n) is 10.5. The molecule has 0 saturated heterocycles. The third-order valence-corrected chi connectivity index (χ3v) is 3.14. The number of hydrogen-bond donors (Lipinski definition) is 1. The van der Waals surface area contributed by atoms with E-state index in [2.05, 4.69) is 15.4 Å². The Hall–Kier alpha value is -2.07. The van der Waals surface area contributed by atoms with Gasteiger partial charge in [-0.25, -0.2) is 9.50 Å². The predicted octanol–water partition coefficient (Wildman–Crippen LogP) is 3.30. The van der Waals surface area contributed by atoms with E-state index in [-0.39, 0.29) is 0 Å². The molecule has 2 aromatic heterocycles. The summed E-state index contributed by atoms with van der Waals surface area (Å²) in [6.45, 7) is 2.67. The average molecular weight is 273 g/mol. The summed E-state index contributed by atoms with van der Waals surface area (Å²) in [7, 11) is 0. The number of nitrogens with zero attached hydrogens (tertiary/aromatic N) is 3. The maximum absolute atomic E-state index is 5.87. The van der Waals surface area contributed by atoms with Crippen molar-refractivity contribution in [2.45, 2.75) is 13.5 Å². The van der Waals surface area contributed by atoms with E-state index in [0.29, 0.717) is 6.54 Å². The van der Waals surface area contributed by atoms with E-state index in [0.717, 1.165) is 27.6 Å². The lowest BCUT2D eigenvalue weighted by Crippen LogP contribution is -2.03. The van der Waals surface area contributed by atoms with Crippen molar-refractivity contribution < 1.29 is 0 Å². The first kappa shape index (κ1) is 12.0. The van der Waals surface area contributed by atoms with E-state index in [9.17, 15) is 0 Å². The number of rotatable bonds is 3. The van der Waals surface area contributed by atoms with Crippen LogP contribution in [-0.2, 0) is 6.54 Å². The van der Waals surface area contributed by atoms with Crippen LogP contribution < -0.4 is 5.32 Å². The number of hydrogen-bond acceptors (Lipinski definition) is 3. The van der Waals surface area contributed by atoms with Gasteiger partial charge in [0.15, 0.2) is 5.82 Å². The van der Waals surface area contributed by atoms with Crippen molar-refractivity contribution in [3.8, 4) is 0 Å². The van der Waals surface area contributed by atoms with E-state index in [1.807, 2.05) is 48.0 Å². The Balaban J connectivity index is 1.83. The van der Waals surface area contributed by atoms with Crippen LogP contribution in [0.25, 0.3) is 5.52 Å². The summed E-state index contributed by atoms with van der Waals surface area (Å²) in [5.74, 6) is 0.832. The van der Waals surface area contributed by atoms with Crippen molar-refractivity contribution in [1.29, 1.82) is 0 Å². The van der Waals surface area contributed by atoms with Gasteiger partial charge in [0.05, 0.1) is 5.69 Å². The van der Waals surface area contributed by atoms with Crippen LogP contribution in [-0.4, -0.2) is 14.6 Å². The van der Waals surface area contributed by atoms with Crippen LogP contribution in [0, 0.1) is 6.92 Å². The van der Waals surface area contributed by atoms with Crippen LogP contribution in [0.4, 0.5) is 5.82 Å². The lowest BCUT2D eigenvalue weighted by atomic mass is 10.2. The number of aryl methyl sites for hydroxylation is 1. The van der Waals surface area contributed by atoms with E-state index in [1.165, 1.54) is 0 Å². The molecule has 4 nitrogen and oxygen atoms in total. The first-order valence-electron chi connectivity index (χ1n) is 6.02. The Morgan fingerprint density at radius 1 is 1.26 bits per heavy atom. The van der Waals surface area contributed by atoms with Gasteiger partial charge in [-0.1, -0.05) is 23.7 Å². The van der Waals surface area contributed by atoms with E-state index >= 15 is 0 Å². The minimum Gasteiger partial charge on any atom is -0.364 e. The van der Waals surface area contributed by atoms with Crippen molar-refractivity contribution in [3.05, 3.63) is 59.0 Å². The minimum atomic E-state index is 0.702. The Morgan fingerprint density at radius 3 is 2.84 bits per heavy atom. The van der Waals surface area contributed by atoms with Crippen LogP contribution in [0.2, 0.25) is 5.02 Å². The van der Waals surface area contributed by atoms with Crippen molar-refractivity contribution >= 4 is 22.9 Å². The topological polar surface area (TPSA) is 42.2 Å². The molecule has 0 atom stereocenters. The number of fused-ring (bicyclic) bond motifs is 1. The van der Waals surface area contributed by atoms with E-state index in [4.69, 9.17) is 11.6 Å². The van der Waals surface area contributed by atoms with Crippen molar-refractivity contribution in [2.24, 2.45) is 0 Å². The van der Waals surface area contributed by atoms with Crippen molar-refractivity contribution in [1.82, 2.24) is 14.6 Å². The molecule has 0 saturated carbocycles. The second kappa shape index (κ2) is 4.90. The molecule has 0 bridgehead atoms. The number of benzene rings is 1. The summed E-state index contributed by atoms with van der Waals surface area (Å²) < 4.78 is 1.83. The third kappa shape index (κ3) is 2.53. The highest BCUT2D eigenvalue weighted by Gasteiger charge is 2.04. The SMILES string of the molecule is Cc1cc2c(NCc3ccc(Cl)cc3)nccn2n1. The molecule has 0 fully saturated rings. The zero-order chi connectivity index (χ0) is 13.2. The fourth-order valence-electron chi connectivity index (χ4n) is 1.97. The molecular weight excluding hydrogens is 260 g/mol. The second-order valence-corrected chi connectivity index (χ2v) is 4.81. The molecular formula is C14H13ClN4.